The molecule has 1 fully saturated rings. The average molecular weight is 333 g/mol. The highest BCUT2D eigenvalue weighted by molar-refractivity contribution is 5.72. The second-order valence-corrected chi connectivity index (χ2v) is 6.93. The maximum Gasteiger partial charge on any atom is 0.311 e. The fraction of sp³-hybridized carbons (Fsp3) is 0.632. The second-order valence-electron chi connectivity index (χ2n) is 6.93. The van der Waals surface area contributed by atoms with Gasteiger partial charge in [-0.05, 0) is 61.9 Å². The molecule has 1 aromatic carbocycles. The van der Waals surface area contributed by atoms with Crippen molar-refractivity contribution in [3.05, 3.63) is 34.9 Å². The molecule has 2 aliphatic heterocycles. The Hall–Kier alpha value is -1.43. The number of methoxy groups -OCH3 is 1. The third kappa shape index (κ3) is 3.63. The van der Waals surface area contributed by atoms with Crippen molar-refractivity contribution in [2.24, 2.45) is 11.8 Å². The van der Waals surface area contributed by atoms with E-state index in [4.69, 9.17) is 9.47 Å². The summed E-state index contributed by atoms with van der Waals surface area (Å²) in [6, 6.07) is 5.93. The lowest BCUT2D eigenvalue weighted by Gasteiger charge is -2.34. The van der Waals surface area contributed by atoms with Gasteiger partial charge in [-0.3, -0.25) is 4.79 Å². The number of esters is 1. The summed E-state index contributed by atoms with van der Waals surface area (Å²) in [5, 5.41) is 13.9. The average Bonchev–Trinajstić information content (AvgIpc) is 2.66. The van der Waals surface area contributed by atoms with Crippen LogP contribution in [0.2, 0.25) is 0 Å². The number of hydrogen-bond donors (Lipinski definition) is 2. The van der Waals surface area contributed by atoms with Crippen molar-refractivity contribution < 1.29 is 19.4 Å². The highest BCUT2D eigenvalue weighted by atomic mass is 16.5. The normalized spacial score (nSPS) is 24.0. The van der Waals surface area contributed by atoms with Crippen molar-refractivity contribution >= 4 is 5.97 Å². The van der Waals surface area contributed by atoms with Gasteiger partial charge in [0.05, 0.1) is 31.8 Å². The van der Waals surface area contributed by atoms with Gasteiger partial charge < -0.3 is 19.9 Å². The molecule has 2 heterocycles. The standard InChI is InChI=1S/C19H27NO4/c1-12(19(22)23-2)18(21)14-3-4-15-11-24-17(10-16(15)9-14)13-5-7-20-8-6-13/h3-4,9,12-13,17-18,20-21H,5-8,10-11H2,1-2H3/t12-,17?,18+/m0/s1. The summed E-state index contributed by atoms with van der Waals surface area (Å²) >= 11 is 0. The van der Waals surface area contributed by atoms with E-state index in [1.54, 1.807) is 6.92 Å². The fourth-order valence-electron chi connectivity index (χ4n) is 3.76. The van der Waals surface area contributed by atoms with Gasteiger partial charge >= 0.3 is 5.97 Å². The fourth-order valence-corrected chi connectivity index (χ4v) is 3.76. The van der Waals surface area contributed by atoms with Gasteiger partial charge in [0.25, 0.3) is 0 Å². The molecule has 0 saturated carbocycles. The molecule has 0 amide bonds. The van der Waals surface area contributed by atoms with Gasteiger partial charge in [0, 0.05) is 0 Å². The number of carbonyl (C=O) groups is 1. The predicted molar refractivity (Wildman–Crippen MR) is 90.5 cm³/mol. The molecule has 0 spiro atoms. The minimum Gasteiger partial charge on any atom is -0.469 e. The Labute approximate surface area is 143 Å². The van der Waals surface area contributed by atoms with Crippen LogP contribution in [-0.4, -0.2) is 37.4 Å². The summed E-state index contributed by atoms with van der Waals surface area (Å²) in [5.41, 5.74) is 3.19. The van der Waals surface area contributed by atoms with Crippen LogP contribution in [0.3, 0.4) is 0 Å². The van der Waals surface area contributed by atoms with E-state index >= 15 is 0 Å². The summed E-state index contributed by atoms with van der Waals surface area (Å²) in [6.07, 6.45) is 2.60. The van der Waals surface area contributed by atoms with Crippen molar-refractivity contribution in [2.45, 2.75) is 45.0 Å². The van der Waals surface area contributed by atoms with E-state index in [1.807, 2.05) is 18.2 Å². The van der Waals surface area contributed by atoms with Gasteiger partial charge in [-0.2, -0.15) is 0 Å². The van der Waals surface area contributed by atoms with E-state index in [0.717, 1.165) is 37.9 Å². The van der Waals surface area contributed by atoms with E-state index in [1.165, 1.54) is 18.2 Å². The lowest BCUT2D eigenvalue weighted by Crippen LogP contribution is -2.38. The predicted octanol–water partition coefficient (Wildman–Crippen LogP) is 1.97. The van der Waals surface area contributed by atoms with Crippen LogP contribution in [0.1, 0.15) is 42.6 Å². The van der Waals surface area contributed by atoms with Gasteiger partial charge in [0.15, 0.2) is 0 Å². The van der Waals surface area contributed by atoms with Crippen LogP contribution in [-0.2, 0) is 27.3 Å². The van der Waals surface area contributed by atoms with Crippen LogP contribution in [0.4, 0.5) is 0 Å². The largest absolute Gasteiger partial charge is 0.469 e. The number of rotatable bonds is 4. The molecule has 132 valence electrons. The minimum atomic E-state index is -0.845. The number of ether oxygens (including phenoxy) is 2. The van der Waals surface area contributed by atoms with Crippen LogP contribution in [0, 0.1) is 11.8 Å². The number of carbonyl (C=O) groups excluding carboxylic acids is 1. The molecule has 0 radical (unpaired) electrons. The number of piperidine rings is 1. The highest BCUT2D eigenvalue weighted by Gasteiger charge is 2.30. The van der Waals surface area contributed by atoms with E-state index in [2.05, 4.69) is 5.32 Å². The third-order valence-electron chi connectivity index (χ3n) is 5.40. The second kappa shape index (κ2) is 7.64. The monoisotopic (exact) mass is 333 g/mol. The quantitative estimate of drug-likeness (QED) is 0.825. The van der Waals surface area contributed by atoms with Crippen LogP contribution in [0.25, 0.3) is 0 Å². The lowest BCUT2D eigenvalue weighted by atomic mass is 9.84. The molecular weight excluding hydrogens is 306 g/mol. The number of fused-ring (bicyclic) bond motifs is 1. The van der Waals surface area contributed by atoms with Gasteiger partial charge in [-0.1, -0.05) is 18.2 Å². The van der Waals surface area contributed by atoms with Gasteiger partial charge in [-0.15, -0.1) is 0 Å². The van der Waals surface area contributed by atoms with Crippen LogP contribution in [0.5, 0.6) is 0 Å². The molecule has 3 rings (SSSR count). The molecule has 24 heavy (non-hydrogen) atoms. The Balaban J connectivity index is 1.74. The summed E-state index contributed by atoms with van der Waals surface area (Å²) < 4.78 is 10.8. The molecule has 5 heteroatoms. The minimum absolute atomic E-state index is 0.255. The zero-order valence-electron chi connectivity index (χ0n) is 14.5. The molecule has 1 aromatic rings. The Bertz CT molecular complexity index is 583. The van der Waals surface area contributed by atoms with Crippen molar-refractivity contribution in [3.8, 4) is 0 Å². The topological polar surface area (TPSA) is 67.8 Å². The first-order valence-electron chi connectivity index (χ1n) is 8.80. The van der Waals surface area contributed by atoms with Crippen molar-refractivity contribution in [3.63, 3.8) is 0 Å². The number of nitrogens with one attached hydrogen (secondary N) is 1. The van der Waals surface area contributed by atoms with Crippen LogP contribution in [0.15, 0.2) is 18.2 Å². The molecule has 2 N–H and O–H groups in total. The SMILES string of the molecule is COC(=O)[C@@H](C)[C@@H](O)c1ccc2c(c1)CC(C1CCNCC1)OC2. The smallest absolute Gasteiger partial charge is 0.311 e. The van der Waals surface area contributed by atoms with E-state index in [9.17, 15) is 9.90 Å². The van der Waals surface area contributed by atoms with E-state index in [0.29, 0.717) is 12.5 Å². The molecule has 3 atom stereocenters. The van der Waals surface area contributed by atoms with Crippen LogP contribution >= 0.6 is 0 Å². The first-order valence-corrected chi connectivity index (χ1v) is 8.80. The first kappa shape index (κ1) is 17.4. The molecule has 0 aliphatic carbocycles. The number of hydrogen-bond acceptors (Lipinski definition) is 5. The summed E-state index contributed by atoms with van der Waals surface area (Å²) in [4.78, 5) is 11.7. The van der Waals surface area contributed by atoms with Crippen LogP contribution < -0.4 is 5.32 Å². The molecule has 2 aliphatic rings. The summed E-state index contributed by atoms with van der Waals surface area (Å²) in [7, 11) is 1.35. The Kier molecular flexibility index (Phi) is 5.54. The summed E-state index contributed by atoms with van der Waals surface area (Å²) in [5.74, 6) is -0.369. The van der Waals surface area contributed by atoms with Crippen molar-refractivity contribution in [1.29, 1.82) is 0 Å². The van der Waals surface area contributed by atoms with E-state index in [-0.39, 0.29) is 6.10 Å². The van der Waals surface area contributed by atoms with Gasteiger partial charge in [0.1, 0.15) is 0 Å². The number of benzene rings is 1. The summed E-state index contributed by atoms with van der Waals surface area (Å²) in [6.45, 7) is 4.45. The number of aliphatic hydroxyl groups is 1. The van der Waals surface area contributed by atoms with Crippen molar-refractivity contribution in [2.75, 3.05) is 20.2 Å². The molecule has 5 nitrogen and oxygen atoms in total. The van der Waals surface area contributed by atoms with Gasteiger partial charge in [0.2, 0.25) is 0 Å². The first-order chi connectivity index (χ1) is 11.6. The Morgan fingerprint density at radius 1 is 1.33 bits per heavy atom. The third-order valence-corrected chi connectivity index (χ3v) is 5.40. The zero-order chi connectivity index (χ0) is 17.1. The zero-order valence-corrected chi connectivity index (χ0v) is 14.5. The van der Waals surface area contributed by atoms with E-state index < -0.39 is 18.0 Å². The Morgan fingerprint density at radius 2 is 2.08 bits per heavy atom. The molecular formula is C19H27NO4. The lowest BCUT2D eigenvalue weighted by molar-refractivity contribution is -0.148. The maximum atomic E-state index is 11.7. The molecule has 0 aromatic heterocycles. The Morgan fingerprint density at radius 3 is 2.79 bits per heavy atom. The number of aliphatic hydroxyl groups excluding tert-OH is 1. The molecule has 1 saturated heterocycles. The maximum absolute atomic E-state index is 11.7. The molecule has 1 unspecified atom stereocenters. The van der Waals surface area contributed by atoms with Crippen molar-refractivity contribution in [1.82, 2.24) is 5.32 Å². The molecule has 0 bridgehead atoms. The van der Waals surface area contributed by atoms with Gasteiger partial charge in [-0.25, -0.2) is 0 Å². The highest BCUT2D eigenvalue weighted by Crippen LogP contribution is 2.32.